The molecule has 0 spiro atoms. The summed E-state index contributed by atoms with van der Waals surface area (Å²) in [6.07, 6.45) is 3.43. The molecule has 132 valence electrons. The zero-order valence-electron chi connectivity index (χ0n) is 13.6. The first-order valence-corrected chi connectivity index (χ1v) is 8.81. The van der Waals surface area contributed by atoms with Gasteiger partial charge in [0.15, 0.2) is 5.78 Å². The summed E-state index contributed by atoms with van der Waals surface area (Å²) in [6, 6.07) is 5.94. The summed E-state index contributed by atoms with van der Waals surface area (Å²) in [4.78, 5) is 23.5. The highest BCUT2D eigenvalue weighted by Gasteiger charge is 2.27. The third kappa shape index (κ3) is 4.21. The van der Waals surface area contributed by atoms with Crippen LogP contribution in [0.1, 0.15) is 65.8 Å². The van der Waals surface area contributed by atoms with Crippen molar-refractivity contribution in [3.05, 3.63) is 51.3 Å². The molecule has 1 fully saturated rings. The summed E-state index contributed by atoms with van der Waals surface area (Å²) in [5, 5.41) is 3.72. The van der Waals surface area contributed by atoms with Crippen molar-refractivity contribution in [3.8, 4) is 0 Å². The molecule has 0 unspecified atom stereocenters. The normalized spacial score (nSPS) is 14.1. The minimum absolute atomic E-state index is 0.0442. The SMILES string of the molecule is CC(=O)CC(=O)c1nn(C(F)F)cc1Cc1cc(Br)ccc1C1CC1. The topological polar surface area (TPSA) is 52.0 Å². The molecule has 4 nitrogen and oxygen atoms in total. The van der Waals surface area contributed by atoms with E-state index in [0.717, 1.165) is 22.9 Å². The van der Waals surface area contributed by atoms with Gasteiger partial charge in [-0.3, -0.25) is 9.59 Å². The smallest absolute Gasteiger partial charge is 0.300 e. The molecule has 1 aromatic carbocycles. The minimum Gasteiger partial charge on any atom is -0.300 e. The predicted molar refractivity (Wildman–Crippen MR) is 92.0 cm³/mol. The van der Waals surface area contributed by atoms with E-state index >= 15 is 0 Å². The van der Waals surface area contributed by atoms with Crippen LogP contribution in [0.15, 0.2) is 28.9 Å². The van der Waals surface area contributed by atoms with Gasteiger partial charge in [0.05, 0.1) is 6.42 Å². The van der Waals surface area contributed by atoms with Crippen LogP contribution in [-0.4, -0.2) is 21.3 Å². The average Bonchev–Trinajstić information content (AvgIpc) is 3.26. The Morgan fingerprint density at radius 2 is 2.04 bits per heavy atom. The fraction of sp³-hybridized carbons (Fsp3) is 0.389. The lowest BCUT2D eigenvalue weighted by molar-refractivity contribution is -0.116. The lowest BCUT2D eigenvalue weighted by Gasteiger charge is -2.09. The molecule has 1 saturated carbocycles. The fourth-order valence-electron chi connectivity index (χ4n) is 2.93. The van der Waals surface area contributed by atoms with Crippen LogP contribution in [0.5, 0.6) is 0 Å². The Morgan fingerprint density at radius 1 is 1.32 bits per heavy atom. The Kier molecular flexibility index (Phi) is 5.13. The van der Waals surface area contributed by atoms with Gasteiger partial charge in [-0.1, -0.05) is 22.0 Å². The van der Waals surface area contributed by atoms with Crippen molar-refractivity contribution in [3.63, 3.8) is 0 Å². The van der Waals surface area contributed by atoms with Crippen molar-refractivity contribution in [2.45, 2.75) is 45.1 Å². The van der Waals surface area contributed by atoms with E-state index < -0.39 is 12.3 Å². The lowest BCUT2D eigenvalue weighted by Crippen LogP contribution is -2.09. The Morgan fingerprint density at radius 3 is 2.64 bits per heavy atom. The van der Waals surface area contributed by atoms with Gasteiger partial charge in [-0.15, -0.1) is 0 Å². The Labute approximate surface area is 152 Å². The molecule has 1 aromatic heterocycles. The number of nitrogens with zero attached hydrogens (tertiary/aromatic N) is 2. The van der Waals surface area contributed by atoms with E-state index in [1.54, 1.807) is 0 Å². The van der Waals surface area contributed by atoms with E-state index in [4.69, 9.17) is 0 Å². The van der Waals surface area contributed by atoms with Crippen LogP contribution in [0.3, 0.4) is 0 Å². The van der Waals surface area contributed by atoms with E-state index in [2.05, 4.69) is 21.0 Å². The molecule has 0 saturated heterocycles. The quantitative estimate of drug-likeness (QED) is 0.492. The maximum absolute atomic E-state index is 13.0. The number of carbonyl (C=O) groups is 2. The lowest BCUT2D eigenvalue weighted by atomic mass is 9.96. The standard InChI is InChI=1S/C18H17BrF2N2O2/c1-10(24)6-16(25)17-13(9-23(22-17)18(20)21)7-12-8-14(19)4-5-15(12)11-2-3-11/h4-5,8-9,11,18H,2-3,6-7H2,1H3. The van der Waals surface area contributed by atoms with Crippen molar-refractivity contribution in [1.29, 1.82) is 0 Å². The van der Waals surface area contributed by atoms with Gasteiger partial charge >= 0.3 is 6.55 Å². The van der Waals surface area contributed by atoms with E-state index in [0.29, 0.717) is 22.6 Å². The van der Waals surface area contributed by atoms with Gasteiger partial charge in [-0.2, -0.15) is 13.9 Å². The molecule has 0 N–H and O–H groups in total. The van der Waals surface area contributed by atoms with Gasteiger partial charge in [0.2, 0.25) is 0 Å². The summed E-state index contributed by atoms with van der Waals surface area (Å²) in [7, 11) is 0. The van der Waals surface area contributed by atoms with E-state index in [9.17, 15) is 18.4 Å². The predicted octanol–water partition coefficient (Wildman–Crippen LogP) is 4.67. The molecule has 1 heterocycles. The van der Waals surface area contributed by atoms with Gasteiger partial charge in [0.25, 0.3) is 0 Å². The number of ketones is 2. The summed E-state index contributed by atoms with van der Waals surface area (Å²) in [6.45, 7) is -1.54. The van der Waals surface area contributed by atoms with Crippen LogP contribution >= 0.6 is 15.9 Å². The van der Waals surface area contributed by atoms with E-state index in [-0.39, 0.29) is 17.9 Å². The third-order valence-corrected chi connectivity index (χ3v) is 4.68. The highest BCUT2D eigenvalue weighted by atomic mass is 79.9. The fourth-order valence-corrected chi connectivity index (χ4v) is 3.34. The number of aromatic nitrogens is 2. The maximum Gasteiger partial charge on any atom is 0.333 e. The van der Waals surface area contributed by atoms with Gasteiger partial charge in [-0.25, -0.2) is 4.68 Å². The Hall–Kier alpha value is -1.89. The molecule has 3 rings (SSSR count). The van der Waals surface area contributed by atoms with Crippen LogP contribution in [-0.2, 0) is 11.2 Å². The van der Waals surface area contributed by atoms with Crippen molar-refractivity contribution in [2.75, 3.05) is 0 Å². The zero-order valence-corrected chi connectivity index (χ0v) is 15.2. The molecular formula is C18H17BrF2N2O2. The molecule has 25 heavy (non-hydrogen) atoms. The number of hydrogen-bond donors (Lipinski definition) is 0. The number of alkyl halides is 2. The zero-order chi connectivity index (χ0) is 18.1. The summed E-state index contributed by atoms with van der Waals surface area (Å²) in [5.41, 5.74) is 2.55. The first-order chi connectivity index (χ1) is 11.8. The molecule has 1 aliphatic carbocycles. The number of hydrogen-bond acceptors (Lipinski definition) is 3. The molecule has 7 heteroatoms. The highest BCUT2D eigenvalue weighted by molar-refractivity contribution is 9.10. The van der Waals surface area contributed by atoms with Crippen LogP contribution in [0, 0.1) is 0 Å². The summed E-state index contributed by atoms with van der Waals surface area (Å²) < 4.78 is 27.4. The number of Topliss-reactive ketones (excluding diaryl/α,β-unsaturated/α-hetero) is 2. The number of halogens is 3. The maximum atomic E-state index is 13.0. The van der Waals surface area contributed by atoms with E-state index in [1.165, 1.54) is 18.7 Å². The first kappa shape index (κ1) is 17.9. The highest BCUT2D eigenvalue weighted by Crippen LogP contribution is 2.42. The summed E-state index contributed by atoms with van der Waals surface area (Å²) in [5.74, 6) is -0.349. The van der Waals surface area contributed by atoms with Crippen LogP contribution in [0.25, 0.3) is 0 Å². The van der Waals surface area contributed by atoms with Crippen LogP contribution in [0.4, 0.5) is 8.78 Å². The van der Waals surface area contributed by atoms with Crippen LogP contribution in [0.2, 0.25) is 0 Å². The van der Waals surface area contributed by atoms with E-state index in [1.807, 2.05) is 18.2 Å². The first-order valence-electron chi connectivity index (χ1n) is 8.02. The Balaban J connectivity index is 1.97. The van der Waals surface area contributed by atoms with Gasteiger partial charge in [-0.05, 0) is 48.9 Å². The van der Waals surface area contributed by atoms with Crippen molar-refractivity contribution in [2.24, 2.45) is 0 Å². The second-order valence-corrected chi connectivity index (χ2v) is 7.27. The van der Waals surface area contributed by atoms with Crippen molar-refractivity contribution < 1.29 is 18.4 Å². The second-order valence-electron chi connectivity index (χ2n) is 6.36. The van der Waals surface area contributed by atoms with Crippen molar-refractivity contribution >= 4 is 27.5 Å². The molecular weight excluding hydrogens is 394 g/mol. The van der Waals surface area contributed by atoms with Gasteiger partial charge < -0.3 is 0 Å². The largest absolute Gasteiger partial charge is 0.333 e. The van der Waals surface area contributed by atoms with Crippen molar-refractivity contribution in [1.82, 2.24) is 9.78 Å². The number of rotatable bonds is 7. The molecule has 0 bridgehead atoms. The molecule has 0 aliphatic heterocycles. The van der Waals surface area contributed by atoms with Gasteiger partial charge in [0.1, 0.15) is 11.5 Å². The van der Waals surface area contributed by atoms with Crippen LogP contribution < -0.4 is 0 Å². The summed E-state index contributed by atoms with van der Waals surface area (Å²) >= 11 is 3.44. The number of carbonyl (C=O) groups excluding carboxylic acids is 2. The third-order valence-electron chi connectivity index (χ3n) is 4.18. The average molecular weight is 411 g/mol. The monoisotopic (exact) mass is 410 g/mol. The second kappa shape index (κ2) is 7.15. The molecule has 2 aromatic rings. The molecule has 0 radical (unpaired) electrons. The Bertz CT molecular complexity index is 828. The van der Waals surface area contributed by atoms with Gasteiger partial charge in [0, 0.05) is 22.7 Å². The molecule has 0 atom stereocenters. The molecule has 0 amide bonds. The minimum atomic E-state index is -2.83. The molecule has 1 aliphatic rings. The number of benzene rings is 1.